The molecule has 156 valence electrons. The zero-order valence-corrected chi connectivity index (χ0v) is 20.8. The Morgan fingerprint density at radius 1 is 1.00 bits per heavy atom. The molecular weight excluding hydrogens is 556 g/mol. The summed E-state index contributed by atoms with van der Waals surface area (Å²) in [7, 11) is 0. The van der Waals surface area contributed by atoms with Crippen molar-refractivity contribution in [1.82, 2.24) is 0 Å². The van der Waals surface area contributed by atoms with E-state index in [4.69, 9.17) is 44.3 Å². The molecule has 3 nitrogen and oxygen atoms in total. The lowest BCUT2D eigenvalue weighted by Crippen LogP contribution is -2.03. The van der Waals surface area contributed by atoms with Crippen molar-refractivity contribution in [2.45, 2.75) is 20.5 Å². The molecule has 0 unspecified atom stereocenters. The fraction of sp³-hybridized carbons (Fsp3) is 0.174. The molecule has 0 aromatic heterocycles. The lowest BCUT2D eigenvalue weighted by Gasteiger charge is -2.15. The van der Waals surface area contributed by atoms with Crippen LogP contribution in [0.1, 0.15) is 23.6 Å². The fourth-order valence-corrected chi connectivity index (χ4v) is 4.15. The van der Waals surface area contributed by atoms with E-state index < -0.39 is 0 Å². The normalized spacial score (nSPS) is 11.1. The van der Waals surface area contributed by atoms with Gasteiger partial charge in [-0.2, -0.15) is 0 Å². The van der Waals surface area contributed by atoms with E-state index in [9.17, 15) is 0 Å². The van der Waals surface area contributed by atoms with E-state index in [1.807, 2.05) is 50.2 Å². The third-order valence-corrected chi connectivity index (χ3v) is 6.11. The minimum atomic E-state index is 0.307. The fourth-order valence-electron chi connectivity index (χ4n) is 2.73. The highest BCUT2D eigenvalue weighted by Gasteiger charge is 2.13. The smallest absolute Gasteiger partial charge is 0.175 e. The minimum absolute atomic E-state index is 0.307. The van der Waals surface area contributed by atoms with E-state index in [2.05, 4.69) is 27.6 Å². The van der Waals surface area contributed by atoms with Crippen molar-refractivity contribution in [3.05, 3.63) is 83.9 Å². The number of halogens is 4. The Labute approximate surface area is 205 Å². The maximum Gasteiger partial charge on any atom is 0.175 e. The highest BCUT2D eigenvalue weighted by molar-refractivity contribution is 14.1. The van der Waals surface area contributed by atoms with Gasteiger partial charge < -0.3 is 9.47 Å². The van der Waals surface area contributed by atoms with Crippen molar-refractivity contribution in [1.29, 1.82) is 0 Å². The average Bonchev–Trinajstić information content (AvgIpc) is 2.70. The number of rotatable bonds is 7. The molecule has 0 spiro atoms. The van der Waals surface area contributed by atoms with Crippen LogP contribution in [-0.4, -0.2) is 12.8 Å². The van der Waals surface area contributed by atoms with Crippen LogP contribution in [0, 0.1) is 10.5 Å². The molecular formula is C23H19Cl3INO2. The summed E-state index contributed by atoms with van der Waals surface area (Å²) in [6.07, 6.45) is 1.79. The first-order valence-corrected chi connectivity index (χ1v) is 11.4. The molecule has 0 aliphatic rings. The molecule has 0 saturated carbocycles. The van der Waals surface area contributed by atoms with E-state index in [0.29, 0.717) is 39.8 Å². The Balaban J connectivity index is 1.86. The summed E-state index contributed by atoms with van der Waals surface area (Å²) in [4.78, 5) is 4.58. The molecule has 0 aliphatic heterocycles. The van der Waals surface area contributed by atoms with E-state index in [1.165, 1.54) is 0 Å². The van der Waals surface area contributed by atoms with Crippen molar-refractivity contribution in [3.8, 4) is 11.5 Å². The lowest BCUT2D eigenvalue weighted by molar-refractivity contribution is 0.267. The van der Waals surface area contributed by atoms with Crippen LogP contribution >= 0.6 is 57.4 Å². The second-order valence-electron chi connectivity index (χ2n) is 6.43. The molecule has 0 radical (unpaired) electrons. The first-order valence-electron chi connectivity index (χ1n) is 9.21. The topological polar surface area (TPSA) is 30.8 Å². The quantitative estimate of drug-likeness (QED) is 0.210. The highest BCUT2D eigenvalue weighted by Crippen LogP contribution is 2.35. The third-order valence-electron chi connectivity index (χ3n) is 4.31. The summed E-state index contributed by atoms with van der Waals surface area (Å²) >= 11 is 20.6. The summed E-state index contributed by atoms with van der Waals surface area (Å²) in [6, 6.07) is 14.9. The van der Waals surface area contributed by atoms with Crippen LogP contribution in [0.3, 0.4) is 0 Å². The molecule has 0 bridgehead atoms. The van der Waals surface area contributed by atoms with Gasteiger partial charge >= 0.3 is 0 Å². The molecule has 0 saturated heterocycles. The second-order valence-corrected chi connectivity index (χ2v) is 8.84. The Kier molecular flexibility index (Phi) is 8.28. The highest BCUT2D eigenvalue weighted by atomic mass is 127. The number of hydrogen-bond acceptors (Lipinski definition) is 3. The summed E-state index contributed by atoms with van der Waals surface area (Å²) in [5.74, 6) is 1.32. The minimum Gasteiger partial charge on any atom is -0.490 e. The summed E-state index contributed by atoms with van der Waals surface area (Å²) < 4.78 is 12.8. The molecule has 0 fully saturated rings. The second kappa shape index (κ2) is 10.7. The molecule has 0 amide bonds. The third kappa shape index (κ3) is 5.82. The van der Waals surface area contributed by atoms with Crippen molar-refractivity contribution >= 4 is 69.3 Å². The zero-order valence-electron chi connectivity index (χ0n) is 16.4. The van der Waals surface area contributed by atoms with Gasteiger partial charge in [-0.05, 0) is 84.0 Å². The van der Waals surface area contributed by atoms with E-state index in [-0.39, 0.29) is 0 Å². The summed E-state index contributed by atoms with van der Waals surface area (Å²) in [6.45, 7) is 4.70. The maximum atomic E-state index is 6.26. The Bertz CT molecular complexity index is 1090. The Hall–Kier alpha value is -1.47. The van der Waals surface area contributed by atoms with Crippen LogP contribution in [0.5, 0.6) is 11.5 Å². The number of benzene rings is 3. The van der Waals surface area contributed by atoms with Crippen LogP contribution in [0.25, 0.3) is 0 Å². The van der Waals surface area contributed by atoms with Gasteiger partial charge in [-0.1, -0.05) is 46.9 Å². The van der Waals surface area contributed by atoms with Gasteiger partial charge in [-0.15, -0.1) is 0 Å². The molecule has 3 aromatic carbocycles. The predicted molar refractivity (Wildman–Crippen MR) is 135 cm³/mol. The van der Waals surface area contributed by atoms with E-state index in [0.717, 1.165) is 25.9 Å². The van der Waals surface area contributed by atoms with Crippen LogP contribution in [0.4, 0.5) is 5.69 Å². The Morgan fingerprint density at radius 2 is 1.80 bits per heavy atom. The van der Waals surface area contributed by atoms with Gasteiger partial charge in [0.15, 0.2) is 11.5 Å². The Morgan fingerprint density at radius 3 is 2.53 bits per heavy atom. The van der Waals surface area contributed by atoms with E-state index >= 15 is 0 Å². The van der Waals surface area contributed by atoms with Gasteiger partial charge in [0.2, 0.25) is 0 Å². The maximum absolute atomic E-state index is 6.26. The van der Waals surface area contributed by atoms with Crippen molar-refractivity contribution in [2.75, 3.05) is 6.61 Å². The first-order chi connectivity index (χ1) is 14.4. The van der Waals surface area contributed by atoms with Crippen LogP contribution < -0.4 is 9.47 Å². The SMILES string of the molecule is CCOc1cc(C=Nc2cccc(Cl)c2C)cc(I)c1OCc1ccc(Cl)cc1Cl. The van der Waals surface area contributed by atoms with E-state index in [1.54, 1.807) is 18.3 Å². The molecule has 30 heavy (non-hydrogen) atoms. The molecule has 0 N–H and O–H groups in total. The van der Waals surface area contributed by atoms with Crippen molar-refractivity contribution in [3.63, 3.8) is 0 Å². The molecule has 0 atom stereocenters. The molecule has 3 rings (SSSR count). The van der Waals surface area contributed by atoms with Gasteiger partial charge in [0, 0.05) is 26.8 Å². The van der Waals surface area contributed by atoms with Crippen molar-refractivity contribution < 1.29 is 9.47 Å². The molecule has 0 aliphatic carbocycles. The lowest BCUT2D eigenvalue weighted by atomic mass is 10.2. The average molecular weight is 575 g/mol. The van der Waals surface area contributed by atoms with Gasteiger partial charge in [-0.25, -0.2) is 0 Å². The number of aliphatic imine (C=N–C) groups is 1. The standard InChI is InChI=1S/C23H19Cl3INO2/c1-3-29-22-10-15(12-28-21-6-4-5-18(25)14(21)2)9-20(27)23(22)30-13-16-7-8-17(24)11-19(16)26/h4-12H,3,13H2,1-2H3. The van der Waals surface area contributed by atoms with Gasteiger partial charge in [0.05, 0.1) is 15.9 Å². The van der Waals surface area contributed by atoms with Crippen LogP contribution in [0.15, 0.2) is 53.5 Å². The van der Waals surface area contributed by atoms with Gasteiger partial charge in [0.25, 0.3) is 0 Å². The number of nitrogens with zero attached hydrogens (tertiary/aromatic N) is 1. The van der Waals surface area contributed by atoms with Gasteiger partial charge in [0.1, 0.15) is 6.61 Å². The molecule has 0 heterocycles. The number of ether oxygens (including phenoxy) is 2. The molecule has 7 heteroatoms. The van der Waals surface area contributed by atoms with Crippen LogP contribution in [-0.2, 0) is 6.61 Å². The molecule has 3 aromatic rings. The van der Waals surface area contributed by atoms with Gasteiger partial charge in [-0.3, -0.25) is 4.99 Å². The summed E-state index contributed by atoms with van der Waals surface area (Å²) in [5, 5.41) is 1.85. The number of hydrogen-bond donors (Lipinski definition) is 0. The predicted octanol–water partition coefficient (Wildman–Crippen LogP) is 8.29. The largest absolute Gasteiger partial charge is 0.490 e. The zero-order chi connectivity index (χ0) is 21.7. The first kappa shape index (κ1) is 23.2. The monoisotopic (exact) mass is 573 g/mol. The van der Waals surface area contributed by atoms with Crippen molar-refractivity contribution in [2.24, 2.45) is 4.99 Å². The summed E-state index contributed by atoms with van der Waals surface area (Å²) in [5.41, 5.74) is 3.52. The van der Waals surface area contributed by atoms with Crippen LogP contribution in [0.2, 0.25) is 15.1 Å².